The Morgan fingerprint density at radius 2 is 2.26 bits per heavy atom. The van der Waals surface area contributed by atoms with Gasteiger partial charge < -0.3 is 9.40 Å². The maximum absolute atomic E-state index is 12.6. The summed E-state index contributed by atoms with van der Waals surface area (Å²) in [6.07, 6.45) is -0.221. The molecule has 0 amide bonds. The van der Waals surface area contributed by atoms with E-state index < -0.39 is 29.1 Å². The predicted octanol–water partition coefficient (Wildman–Crippen LogP) is 1.98. The van der Waals surface area contributed by atoms with E-state index in [1.165, 1.54) is 24.1 Å². The highest BCUT2D eigenvalue weighted by Gasteiger charge is 2.14. The highest BCUT2D eigenvalue weighted by molar-refractivity contribution is 7.84. The Bertz CT molecular complexity index is 524. The van der Waals surface area contributed by atoms with Crippen LogP contribution in [0, 0.1) is 0 Å². The lowest BCUT2D eigenvalue weighted by molar-refractivity contribution is 0.215. The van der Waals surface area contributed by atoms with Gasteiger partial charge in [0.2, 0.25) is 0 Å². The molecule has 0 saturated carbocycles. The third kappa shape index (κ3) is 4.19. The van der Waals surface area contributed by atoms with E-state index in [-0.39, 0.29) is 10.9 Å². The number of aromatic nitrogens is 2. The van der Waals surface area contributed by atoms with Crippen LogP contribution in [0.15, 0.2) is 28.4 Å². The second kappa shape index (κ2) is 7.07. The lowest BCUT2D eigenvalue weighted by Crippen LogP contribution is -2.07. The van der Waals surface area contributed by atoms with Crippen molar-refractivity contribution in [1.82, 2.24) is 9.55 Å². The zero-order chi connectivity index (χ0) is 14.4. The van der Waals surface area contributed by atoms with E-state index in [0.29, 0.717) is 5.69 Å². The Kier molecular flexibility index (Phi) is 5.74. The lowest BCUT2D eigenvalue weighted by Gasteiger charge is -2.02. The van der Waals surface area contributed by atoms with E-state index in [9.17, 15) is 17.4 Å². The van der Waals surface area contributed by atoms with Crippen molar-refractivity contribution in [1.29, 1.82) is 0 Å². The van der Waals surface area contributed by atoms with Crippen LogP contribution in [-0.4, -0.2) is 32.8 Å². The molecule has 19 heavy (non-hydrogen) atoms. The molecule has 0 spiro atoms. The number of allylic oxidation sites excluding steroid dienone is 1. The Morgan fingerprint density at radius 1 is 1.58 bits per heavy atom. The number of rotatable bonds is 6. The number of imidazole rings is 1. The fourth-order valence-electron chi connectivity index (χ4n) is 1.21. The molecule has 1 aromatic heterocycles. The van der Waals surface area contributed by atoms with Crippen LogP contribution in [0.4, 0.5) is 13.2 Å². The molecule has 0 bridgehead atoms. The molecule has 1 aromatic rings. The zero-order valence-corrected chi connectivity index (χ0v) is 11.1. The molecule has 0 radical (unpaired) electrons. The highest BCUT2D eigenvalue weighted by atomic mass is 32.2. The Balaban J connectivity index is 2.76. The zero-order valence-electron chi connectivity index (χ0n) is 10.3. The van der Waals surface area contributed by atoms with Gasteiger partial charge in [-0.15, -0.1) is 0 Å². The maximum Gasteiger partial charge on any atom is 0.301 e. The van der Waals surface area contributed by atoms with Crippen molar-refractivity contribution < 1.29 is 22.2 Å². The molecule has 5 nitrogen and oxygen atoms in total. The van der Waals surface area contributed by atoms with Gasteiger partial charge in [0.1, 0.15) is 7.11 Å². The molecule has 0 aliphatic heterocycles. The minimum Gasteiger partial charge on any atom is -0.399 e. The first-order valence-electron chi connectivity index (χ1n) is 5.13. The van der Waals surface area contributed by atoms with E-state index in [0.717, 1.165) is 0 Å². The third-order valence-corrected chi connectivity index (χ3v) is 3.55. The average molecular weight is 295 g/mol. The topological polar surface area (TPSA) is 56.5 Å². The molecule has 0 aliphatic rings. The van der Waals surface area contributed by atoms with Crippen LogP contribution in [0.3, 0.4) is 0 Å². The summed E-state index contributed by atoms with van der Waals surface area (Å²) in [5, 5.41) is 3.68. The van der Waals surface area contributed by atoms with Crippen molar-refractivity contribution in [2.45, 2.75) is 11.6 Å². The minimum atomic E-state index is -2.38. The van der Waals surface area contributed by atoms with Gasteiger partial charge in [-0.25, -0.2) is 9.37 Å². The fourth-order valence-corrected chi connectivity index (χ4v) is 2.34. The molecule has 0 fully saturated rings. The summed E-state index contributed by atoms with van der Waals surface area (Å²) in [6, 6.07) is 0. The van der Waals surface area contributed by atoms with Gasteiger partial charge in [0.15, 0.2) is 11.0 Å². The predicted molar refractivity (Wildman–Crippen MR) is 64.1 cm³/mol. The van der Waals surface area contributed by atoms with Crippen LogP contribution in [0.1, 0.15) is 12.1 Å². The molecular weight excluding hydrogens is 283 g/mol. The van der Waals surface area contributed by atoms with Crippen LogP contribution >= 0.6 is 0 Å². The van der Waals surface area contributed by atoms with E-state index in [1.807, 2.05) is 0 Å². The molecule has 1 rings (SSSR count). The second-order valence-electron chi connectivity index (χ2n) is 3.41. The first-order valence-corrected chi connectivity index (χ1v) is 6.45. The average Bonchev–Trinajstić information content (AvgIpc) is 2.74. The van der Waals surface area contributed by atoms with Gasteiger partial charge >= 0.3 is 6.08 Å². The van der Waals surface area contributed by atoms with Gasteiger partial charge in [0.25, 0.3) is 0 Å². The summed E-state index contributed by atoms with van der Waals surface area (Å²) in [5.74, 6) is -1.82. The standard InChI is InChI=1S/C10H12F3N3O2S/c1-16-7(6-15-18-2)5-14-10(16)19(17)4-3-8(11)9(12)13/h5-6H,3-4H2,1-2H3/b15-6-. The normalized spacial score (nSPS) is 12.7. The van der Waals surface area contributed by atoms with E-state index in [2.05, 4.69) is 15.0 Å². The van der Waals surface area contributed by atoms with Gasteiger partial charge in [0.05, 0.1) is 28.9 Å². The molecule has 0 aliphatic carbocycles. The first kappa shape index (κ1) is 15.4. The third-order valence-electron chi connectivity index (χ3n) is 2.19. The van der Waals surface area contributed by atoms with Crippen molar-refractivity contribution in [2.75, 3.05) is 12.9 Å². The van der Waals surface area contributed by atoms with Gasteiger partial charge in [-0.05, 0) is 0 Å². The molecule has 1 heterocycles. The van der Waals surface area contributed by atoms with Crippen LogP contribution in [-0.2, 0) is 22.7 Å². The Labute approximate surface area is 110 Å². The Morgan fingerprint density at radius 3 is 2.84 bits per heavy atom. The monoisotopic (exact) mass is 295 g/mol. The highest BCUT2D eigenvalue weighted by Crippen LogP contribution is 2.15. The van der Waals surface area contributed by atoms with Crippen molar-refractivity contribution in [3.05, 3.63) is 23.8 Å². The van der Waals surface area contributed by atoms with E-state index >= 15 is 0 Å². The van der Waals surface area contributed by atoms with E-state index in [4.69, 9.17) is 0 Å². The summed E-state index contributed by atoms with van der Waals surface area (Å²) < 4.78 is 49.6. The SMILES string of the molecule is CO/N=C\c1cnc(S(=O)CCC(F)=C(F)F)n1C. The molecule has 1 atom stereocenters. The smallest absolute Gasteiger partial charge is 0.301 e. The number of oxime groups is 1. The van der Waals surface area contributed by atoms with Crippen LogP contribution in [0.5, 0.6) is 0 Å². The maximum atomic E-state index is 12.6. The summed E-state index contributed by atoms with van der Waals surface area (Å²) >= 11 is 0. The van der Waals surface area contributed by atoms with Crippen molar-refractivity contribution in [3.63, 3.8) is 0 Å². The summed E-state index contributed by atoms with van der Waals surface area (Å²) in [7, 11) is 1.28. The van der Waals surface area contributed by atoms with Crippen LogP contribution in [0.2, 0.25) is 0 Å². The quantitative estimate of drug-likeness (QED) is 0.595. The van der Waals surface area contributed by atoms with Gasteiger partial charge in [-0.1, -0.05) is 5.16 Å². The molecule has 0 aromatic carbocycles. The number of nitrogens with zero attached hydrogens (tertiary/aromatic N) is 3. The van der Waals surface area contributed by atoms with Gasteiger partial charge in [-0.3, -0.25) is 4.21 Å². The molecule has 0 N–H and O–H groups in total. The minimum absolute atomic E-state index is 0.157. The molecule has 106 valence electrons. The molecule has 1 unspecified atom stereocenters. The second-order valence-corrected chi connectivity index (χ2v) is 4.87. The molecular formula is C10H12F3N3O2S. The van der Waals surface area contributed by atoms with Crippen LogP contribution in [0.25, 0.3) is 0 Å². The summed E-state index contributed by atoms with van der Waals surface area (Å²) in [4.78, 5) is 8.37. The number of halogens is 3. The molecule has 9 heteroatoms. The van der Waals surface area contributed by atoms with Crippen molar-refractivity contribution in [2.24, 2.45) is 12.2 Å². The number of hydrogen-bond donors (Lipinski definition) is 0. The largest absolute Gasteiger partial charge is 0.399 e. The first-order chi connectivity index (χ1) is 8.97. The van der Waals surface area contributed by atoms with Crippen molar-refractivity contribution >= 4 is 17.0 Å². The van der Waals surface area contributed by atoms with Crippen molar-refractivity contribution in [3.8, 4) is 0 Å². The Hall–Kier alpha value is -1.64. The molecule has 0 saturated heterocycles. The van der Waals surface area contributed by atoms with Gasteiger partial charge in [-0.2, -0.15) is 8.78 Å². The van der Waals surface area contributed by atoms with E-state index in [1.54, 1.807) is 7.05 Å². The lowest BCUT2D eigenvalue weighted by atomic mass is 10.4. The summed E-state index contributed by atoms with van der Waals surface area (Å²) in [5.41, 5.74) is 0.526. The number of hydrogen-bond acceptors (Lipinski definition) is 4. The van der Waals surface area contributed by atoms with Gasteiger partial charge in [0, 0.05) is 19.2 Å². The summed E-state index contributed by atoms with van der Waals surface area (Å²) in [6.45, 7) is 0. The fraction of sp³-hybridized carbons (Fsp3) is 0.400. The van der Waals surface area contributed by atoms with Crippen LogP contribution < -0.4 is 0 Å².